The van der Waals surface area contributed by atoms with Crippen LogP contribution in [0.15, 0.2) is 18.2 Å². The number of alkyl halides is 3. The lowest BCUT2D eigenvalue weighted by molar-refractivity contribution is -0.138. The Kier molecular flexibility index (Phi) is 3.28. The van der Waals surface area contributed by atoms with Crippen molar-refractivity contribution in [2.75, 3.05) is 0 Å². The fourth-order valence-electron chi connectivity index (χ4n) is 1.11. The lowest BCUT2D eigenvalue weighted by Crippen LogP contribution is -2.13. The minimum Gasteiger partial charge on any atom is -0.478 e. The van der Waals surface area contributed by atoms with Crippen LogP contribution in [0.2, 0.25) is 0 Å². The zero-order valence-electron chi connectivity index (χ0n) is 7.38. The minimum atomic E-state index is -4.65. The summed E-state index contributed by atoms with van der Waals surface area (Å²) in [7, 11) is 0. The summed E-state index contributed by atoms with van der Waals surface area (Å²) >= 11 is 3.86. The van der Waals surface area contributed by atoms with E-state index < -0.39 is 23.3 Å². The largest absolute Gasteiger partial charge is 0.478 e. The highest BCUT2D eigenvalue weighted by Crippen LogP contribution is 2.32. The first-order chi connectivity index (χ1) is 6.86. The zero-order chi connectivity index (χ0) is 11.6. The van der Waals surface area contributed by atoms with Crippen LogP contribution in [0.25, 0.3) is 0 Å². The van der Waals surface area contributed by atoms with Gasteiger partial charge in [0.15, 0.2) is 0 Å². The van der Waals surface area contributed by atoms with Gasteiger partial charge in [0.05, 0.1) is 11.1 Å². The Morgan fingerprint density at radius 3 is 2.40 bits per heavy atom. The van der Waals surface area contributed by atoms with Gasteiger partial charge in [0.2, 0.25) is 0 Å². The molecule has 1 N–H and O–H groups in total. The molecule has 0 aliphatic heterocycles. The van der Waals surface area contributed by atoms with Crippen molar-refractivity contribution in [1.82, 2.24) is 0 Å². The van der Waals surface area contributed by atoms with Gasteiger partial charge >= 0.3 is 12.1 Å². The van der Waals surface area contributed by atoms with Gasteiger partial charge in [-0.15, -0.1) is 0 Å². The number of carboxylic acids is 1. The average molecular weight is 236 g/mol. The molecule has 0 fully saturated rings. The monoisotopic (exact) mass is 236 g/mol. The number of halogens is 3. The Morgan fingerprint density at radius 1 is 1.40 bits per heavy atom. The van der Waals surface area contributed by atoms with Crippen LogP contribution in [0, 0.1) is 0 Å². The molecule has 0 saturated carbocycles. The third-order valence-electron chi connectivity index (χ3n) is 1.80. The quantitative estimate of drug-likeness (QED) is 0.775. The van der Waals surface area contributed by atoms with Gasteiger partial charge < -0.3 is 5.11 Å². The van der Waals surface area contributed by atoms with Crippen molar-refractivity contribution in [1.29, 1.82) is 0 Å². The first-order valence-electron chi connectivity index (χ1n) is 3.90. The Bertz CT molecular complexity index is 387. The first kappa shape index (κ1) is 11.9. The number of carboxylic acid groups (broad SMARTS) is 1. The molecule has 0 bridgehead atoms. The fraction of sp³-hybridized carbons (Fsp3) is 0.222. The SMILES string of the molecule is O=C(O)c1cc(CS)ccc1C(F)(F)F. The predicted molar refractivity (Wildman–Crippen MR) is 51.1 cm³/mol. The van der Waals surface area contributed by atoms with Crippen LogP contribution in [-0.4, -0.2) is 11.1 Å². The van der Waals surface area contributed by atoms with Crippen LogP contribution in [0.4, 0.5) is 13.2 Å². The normalized spacial score (nSPS) is 11.5. The second-order valence-corrected chi connectivity index (χ2v) is 3.16. The van der Waals surface area contributed by atoms with Crippen molar-refractivity contribution >= 4 is 18.6 Å². The van der Waals surface area contributed by atoms with Crippen molar-refractivity contribution in [3.63, 3.8) is 0 Å². The molecule has 0 saturated heterocycles. The van der Waals surface area contributed by atoms with Crippen LogP contribution in [-0.2, 0) is 11.9 Å². The lowest BCUT2D eigenvalue weighted by atomic mass is 10.0. The van der Waals surface area contributed by atoms with Gasteiger partial charge in [-0.3, -0.25) is 0 Å². The maximum Gasteiger partial charge on any atom is 0.417 e. The second kappa shape index (κ2) is 4.14. The highest BCUT2D eigenvalue weighted by Gasteiger charge is 2.35. The highest BCUT2D eigenvalue weighted by molar-refractivity contribution is 7.79. The van der Waals surface area contributed by atoms with E-state index in [1.165, 1.54) is 6.07 Å². The molecule has 1 aromatic rings. The molecule has 1 rings (SSSR count). The number of thiol groups is 1. The van der Waals surface area contributed by atoms with Crippen LogP contribution in [0.3, 0.4) is 0 Å². The maximum atomic E-state index is 12.4. The number of benzene rings is 1. The molecule has 0 atom stereocenters. The molecule has 0 heterocycles. The van der Waals surface area contributed by atoms with Crippen LogP contribution >= 0.6 is 12.6 Å². The summed E-state index contributed by atoms with van der Waals surface area (Å²) in [6, 6.07) is 2.95. The second-order valence-electron chi connectivity index (χ2n) is 2.84. The van der Waals surface area contributed by atoms with Crippen molar-refractivity contribution in [2.45, 2.75) is 11.9 Å². The molecule has 0 aliphatic rings. The van der Waals surface area contributed by atoms with E-state index in [9.17, 15) is 18.0 Å². The van der Waals surface area contributed by atoms with E-state index in [4.69, 9.17) is 5.11 Å². The van der Waals surface area contributed by atoms with E-state index >= 15 is 0 Å². The summed E-state index contributed by atoms with van der Waals surface area (Å²) in [5.74, 6) is -1.40. The maximum absolute atomic E-state index is 12.4. The lowest BCUT2D eigenvalue weighted by Gasteiger charge is -2.10. The summed E-state index contributed by atoms with van der Waals surface area (Å²) in [6.07, 6.45) is -4.65. The molecule has 0 aliphatic carbocycles. The Morgan fingerprint density at radius 2 is 2.00 bits per heavy atom. The smallest absolute Gasteiger partial charge is 0.417 e. The number of hydrogen-bond acceptors (Lipinski definition) is 2. The predicted octanol–water partition coefficient (Wildman–Crippen LogP) is 2.83. The summed E-state index contributed by atoms with van der Waals surface area (Å²) in [5, 5.41) is 8.62. The highest BCUT2D eigenvalue weighted by atomic mass is 32.1. The molecular weight excluding hydrogens is 229 g/mol. The van der Waals surface area contributed by atoms with E-state index in [0.29, 0.717) is 5.56 Å². The van der Waals surface area contributed by atoms with E-state index in [1.807, 2.05) is 0 Å². The molecule has 6 heteroatoms. The van der Waals surface area contributed by atoms with Crippen LogP contribution in [0.1, 0.15) is 21.5 Å². The molecule has 2 nitrogen and oxygen atoms in total. The Labute approximate surface area is 89.1 Å². The molecule has 0 amide bonds. The number of carbonyl (C=O) groups is 1. The molecule has 0 aromatic heterocycles. The van der Waals surface area contributed by atoms with E-state index in [1.54, 1.807) is 0 Å². The minimum absolute atomic E-state index is 0.193. The third-order valence-corrected chi connectivity index (χ3v) is 2.17. The van der Waals surface area contributed by atoms with Crippen molar-refractivity contribution < 1.29 is 23.1 Å². The summed E-state index contributed by atoms with van der Waals surface area (Å²) < 4.78 is 37.1. The molecule has 15 heavy (non-hydrogen) atoms. The van der Waals surface area contributed by atoms with E-state index in [0.717, 1.165) is 12.1 Å². The van der Waals surface area contributed by atoms with Gasteiger partial charge in [0, 0.05) is 5.75 Å². The summed E-state index contributed by atoms with van der Waals surface area (Å²) in [4.78, 5) is 10.6. The topological polar surface area (TPSA) is 37.3 Å². The zero-order valence-corrected chi connectivity index (χ0v) is 8.27. The first-order valence-corrected chi connectivity index (χ1v) is 4.53. The fourth-order valence-corrected chi connectivity index (χ4v) is 1.31. The van der Waals surface area contributed by atoms with Gasteiger partial charge in [0.1, 0.15) is 0 Å². The number of aromatic carboxylic acids is 1. The molecule has 1 aromatic carbocycles. The third kappa shape index (κ3) is 2.65. The molecule has 0 spiro atoms. The molecule has 82 valence electrons. The van der Waals surface area contributed by atoms with Gasteiger partial charge in [-0.25, -0.2) is 4.79 Å². The van der Waals surface area contributed by atoms with E-state index in [-0.39, 0.29) is 5.75 Å². The van der Waals surface area contributed by atoms with Crippen molar-refractivity contribution in [2.24, 2.45) is 0 Å². The van der Waals surface area contributed by atoms with Crippen LogP contribution in [0.5, 0.6) is 0 Å². The molecular formula is C9H7F3O2S. The molecule has 0 radical (unpaired) electrons. The standard InChI is InChI=1S/C9H7F3O2S/c10-9(11,12)7-2-1-5(4-15)3-6(7)8(13)14/h1-3,15H,4H2,(H,13,14). The summed E-state index contributed by atoms with van der Waals surface area (Å²) in [6.45, 7) is 0. The van der Waals surface area contributed by atoms with Crippen molar-refractivity contribution in [3.05, 3.63) is 34.9 Å². The van der Waals surface area contributed by atoms with Gasteiger partial charge in [-0.05, 0) is 17.7 Å². The van der Waals surface area contributed by atoms with E-state index in [2.05, 4.69) is 12.6 Å². The number of hydrogen-bond donors (Lipinski definition) is 2. The summed E-state index contributed by atoms with van der Waals surface area (Å²) in [5.41, 5.74) is -1.45. The van der Waals surface area contributed by atoms with Crippen molar-refractivity contribution in [3.8, 4) is 0 Å². The Hall–Kier alpha value is -1.17. The van der Waals surface area contributed by atoms with Gasteiger partial charge in [-0.1, -0.05) is 6.07 Å². The van der Waals surface area contributed by atoms with Gasteiger partial charge in [-0.2, -0.15) is 25.8 Å². The molecule has 0 unspecified atom stereocenters. The van der Waals surface area contributed by atoms with Gasteiger partial charge in [0.25, 0.3) is 0 Å². The Balaban J connectivity index is 3.34. The average Bonchev–Trinajstić information content (AvgIpc) is 2.15. The van der Waals surface area contributed by atoms with Crippen LogP contribution < -0.4 is 0 Å². The number of rotatable bonds is 2.